The first-order valence-corrected chi connectivity index (χ1v) is 7.04. The Bertz CT molecular complexity index is 453. The van der Waals surface area contributed by atoms with Gasteiger partial charge in [-0.2, -0.15) is 5.10 Å². The van der Waals surface area contributed by atoms with Gasteiger partial charge in [-0.3, -0.25) is 4.79 Å². The van der Waals surface area contributed by atoms with Gasteiger partial charge in [0.1, 0.15) is 11.8 Å². The van der Waals surface area contributed by atoms with Crippen molar-refractivity contribution in [2.45, 2.75) is 40.3 Å². The highest BCUT2D eigenvalue weighted by molar-refractivity contribution is 5.03. The fourth-order valence-electron chi connectivity index (χ4n) is 1.40. The number of nitrogens with zero attached hydrogens (tertiary/aromatic N) is 3. The Kier molecular flexibility index (Phi) is 9.38. The van der Waals surface area contributed by atoms with E-state index in [9.17, 15) is 4.79 Å². The molecule has 0 radical (unpaired) electrons. The van der Waals surface area contributed by atoms with Crippen molar-refractivity contribution < 1.29 is 4.74 Å². The molecule has 0 saturated heterocycles. The van der Waals surface area contributed by atoms with Crippen LogP contribution in [0.2, 0.25) is 0 Å². The molecule has 0 spiro atoms. The molecule has 0 aliphatic carbocycles. The van der Waals surface area contributed by atoms with Gasteiger partial charge in [-0.15, -0.1) is 0 Å². The van der Waals surface area contributed by atoms with E-state index in [0.717, 1.165) is 12.2 Å². The Hall–Kier alpha value is -1.62. The number of rotatable bonds is 6. The molecule has 1 aromatic heterocycles. The molecule has 5 nitrogen and oxygen atoms in total. The van der Waals surface area contributed by atoms with Gasteiger partial charge < -0.3 is 9.64 Å². The summed E-state index contributed by atoms with van der Waals surface area (Å²) < 4.78 is 6.91. The zero-order chi connectivity index (χ0) is 15.5. The van der Waals surface area contributed by atoms with Crippen LogP contribution in [0.15, 0.2) is 29.3 Å². The van der Waals surface area contributed by atoms with Gasteiger partial charge in [-0.1, -0.05) is 19.9 Å². The minimum Gasteiger partial charge on any atom is -0.492 e. The fraction of sp³-hybridized carbons (Fsp3) is 0.600. The molecule has 1 heterocycles. The van der Waals surface area contributed by atoms with Crippen molar-refractivity contribution in [3.63, 3.8) is 0 Å². The van der Waals surface area contributed by atoms with Crippen LogP contribution < -0.4 is 5.56 Å². The summed E-state index contributed by atoms with van der Waals surface area (Å²) in [6.07, 6.45) is 3.28. The summed E-state index contributed by atoms with van der Waals surface area (Å²) in [5.74, 6) is 0. The van der Waals surface area contributed by atoms with E-state index in [1.165, 1.54) is 10.7 Å². The number of allylic oxidation sites excluding steroid dienone is 1. The lowest BCUT2D eigenvalue weighted by atomic mass is 10.3. The average molecular weight is 281 g/mol. The van der Waals surface area contributed by atoms with Crippen molar-refractivity contribution in [2.24, 2.45) is 0 Å². The second-order valence-corrected chi connectivity index (χ2v) is 4.37. The SMILES string of the molecule is C/C=C\OC(C)c1ccc(=O)n(CCN(C)C)n1.CC. The Morgan fingerprint density at radius 2 is 2.05 bits per heavy atom. The van der Waals surface area contributed by atoms with Crippen molar-refractivity contribution >= 4 is 0 Å². The van der Waals surface area contributed by atoms with Crippen molar-refractivity contribution in [3.05, 3.63) is 40.5 Å². The molecular weight excluding hydrogens is 254 g/mol. The predicted molar refractivity (Wildman–Crippen MR) is 82.7 cm³/mol. The first kappa shape index (κ1) is 18.4. The number of hydrogen-bond acceptors (Lipinski definition) is 4. The van der Waals surface area contributed by atoms with Gasteiger partial charge >= 0.3 is 0 Å². The molecule has 0 saturated carbocycles. The van der Waals surface area contributed by atoms with E-state index in [0.29, 0.717) is 6.54 Å². The number of hydrogen-bond donors (Lipinski definition) is 0. The molecule has 0 aliphatic rings. The number of ether oxygens (including phenoxy) is 1. The lowest BCUT2D eigenvalue weighted by Crippen LogP contribution is -2.29. The summed E-state index contributed by atoms with van der Waals surface area (Å²) in [5.41, 5.74) is 0.672. The molecule has 0 bridgehead atoms. The molecule has 0 amide bonds. The summed E-state index contributed by atoms with van der Waals surface area (Å²) in [5, 5.41) is 4.32. The van der Waals surface area contributed by atoms with Crippen LogP contribution in [0.5, 0.6) is 0 Å². The first-order valence-electron chi connectivity index (χ1n) is 7.04. The lowest BCUT2D eigenvalue weighted by molar-refractivity contribution is 0.157. The summed E-state index contributed by atoms with van der Waals surface area (Å²) in [6, 6.07) is 3.25. The molecular formula is C15H27N3O2. The molecule has 0 fully saturated rings. The molecule has 114 valence electrons. The lowest BCUT2D eigenvalue weighted by Gasteiger charge is -2.14. The van der Waals surface area contributed by atoms with E-state index in [2.05, 4.69) is 5.10 Å². The maximum absolute atomic E-state index is 11.6. The van der Waals surface area contributed by atoms with E-state index in [4.69, 9.17) is 4.74 Å². The van der Waals surface area contributed by atoms with Crippen LogP contribution in [0.4, 0.5) is 0 Å². The van der Waals surface area contributed by atoms with Crippen molar-refractivity contribution in [3.8, 4) is 0 Å². The minimum absolute atomic E-state index is 0.0844. The quantitative estimate of drug-likeness (QED) is 0.751. The average Bonchev–Trinajstić information content (AvgIpc) is 2.45. The largest absolute Gasteiger partial charge is 0.492 e. The van der Waals surface area contributed by atoms with Crippen molar-refractivity contribution in [1.82, 2.24) is 14.7 Å². The monoisotopic (exact) mass is 281 g/mol. The molecule has 0 aromatic carbocycles. The molecule has 1 rings (SSSR count). The molecule has 1 unspecified atom stereocenters. The van der Waals surface area contributed by atoms with Crippen LogP contribution in [0.25, 0.3) is 0 Å². The van der Waals surface area contributed by atoms with Crippen LogP contribution in [0.3, 0.4) is 0 Å². The van der Waals surface area contributed by atoms with E-state index < -0.39 is 0 Å². The van der Waals surface area contributed by atoms with Gasteiger partial charge in [0, 0.05) is 12.6 Å². The summed E-state index contributed by atoms with van der Waals surface area (Å²) in [4.78, 5) is 13.7. The van der Waals surface area contributed by atoms with Gasteiger partial charge in [-0.25, -0.2) is 4.68 Å². The Balaban J connectivity index is 0.00000172. The van der Waals surface area contributed by atoms with Gasteiger partial charge in [-0.05, 0) is 34.0 Å². The van der Waals surface area contributed by atoms with Gasteiger partial charge in [0.2, 0.25) is 0 Å². The minimum atomic E-state index is -0.160. The normalized spacial score (nSPS) is 12.2. The zero-order valence-corrected chi connectivity index (χ0v) is 13.5. The summed E-state index contributed by atoms with van der Waals surface area (Å²) in [6.45, 7) is 9.15. The fourth-order valence-corrected chi connectivity index (χ4v) is 1.40. The Morgan fingerprint density at radius 1 is 1.40 bits per heavy atom. The molecule has 0 aliphatic heterocycles. The third-order valence-electron chi connectivity index (χ3n) is 2.48. The van der Waals surface area contributed by atoms with Gasteiger partial charge in [0.15, 0.2) is 0 Å². The van der Waals surface area contributed by atoms with E-state index >= 15 is 0 Å². The summed E-state index contributed by atoms with van der Waals surface area (Å²) in [7, 11) is 3.93. The Morgan fingerprint density at radius 3 is 2.60 bits per heavy atom. The maximum atomic E-state index is 11.6. The van der Waals surface area contributed by atoms with Crippen molar-refractivity contribution in [2.75, 3.05) is 20.6 Å². The first-order chi connectivity index (χ1) is 9.54. The smallest absolute Gasteiger partial charge is 0.266 e. The van der Waals surface area contributed by atoms with Crippen molar-refractivity contribution in [1.29, 1.82) is 0 Å². The van der Waals surface area contributed by atoms with Gasteiger partial charge in [0.25, 0.3) is 5.56 Å². The van der Waals surface area contributed by atoms with Crippen LogP contribution in [-0.4, -0.2) is 35.3 Å². The predicted octanol–water partition coefficient (Wildman–Crippen LogP) is 2.44. The van der Waals surface area contributed by atoms with E-state index in [-0.39, 0.29) is 11.7 Å². The van der Waals surface area contributed by atoms with Crippen LogP contribution in [0, 0.1) is 0 Å². The molecule has 20 heavy (non-hydrogen) atoms. The third-order valence-corrected chi connectivity index (χ3v) is 2.48. The van der Waals surface area contributed by atoms with E-state index in [1.807, 2.05) is 52.8 Å². The van der Waals surface area contributed by atoms with Gasteiger partial charge in [0.05, 0.1) is 12.8 Å². The number of likely N-dealkylation sites (N-methyl/N-ethyl adjacent to an activating group) is 1. The highest BCUT2D eigenvalue weighted by Gasteiger charge is 2.08. The standard InChI is InChI=1S/C13H21N3O2.C2H6/c1-5-10-18-11(2)12-6-7-13(17)16(14-12)9-8-15(3)4;1-2/h5-7,10-11H,8-9H2,1-4H3;1-2H3/b10-5-;. The molecule has 5 heteroatoms. The highest BCUT2D eigenvalue weighted by atomic mass is 16.5. The molecule has 1 atom stereocenters. The van der Waals surface area contributed by atoms with Crippen LogP contribution in [0.1, 0.15) is 39.5 Å². The molecule has 1 aromatic rings. The topological polar surface area (TPSA) is 47.4 Å². The number of aromatic nitrogens is 2. The van der Waals surface area contributed by atoms with Crippen LogP contribution in [-0.2, 0) is 11.3 Å². The maximum Gasteiger partial charge on any atom is 0.266 e. The third kappa shape index (κ3) is 6.52. The Labute approximate surface area is 121 Å². The molecule has 0 N–H and O–H groups in total. The second-order valence-electron chi connectivity index (χ2n) is 4.37. The zero-order valence-electron chi connectivity index (χ0n) is 13.5. The highest BCUT2D eigenvalue weighted by Crippen LogP contribution is 2.12. The van der Waals surface area contributed by atoms with Crippen LogP contribution >= 0.6 is 0 Å². The second kappa shape index (κ2) is 10.2. The summed E-state index contributed by atoms with van der Waals surface area (Å²) >= 11 is 0. The van der Waals surface area contributed by atoms with E-state index in [1.54, 1.807) is 12.3 Å².